The van der Waals surface area contributed by atoms with Crippen molar-refractivity contribution in [2.24, 2.45) is 0 Å². The van der Waals surface area contributed by atoms with Gasteiger partial charge in [0.05, 0.1) is 12.5 Å². The van der Waals surface area contributed by atoms with Crippen molar-refractivity contribution < 1.29 is 4.79 Å². The number of hydrogen-bond acceptors (Lipinski definition) is 3. The molecule has 3 nitrogen and oxygen atoms in total. The van der Waals surface area contributed by atoms with Crippen LogP contribution in [0, 0.1) is 18.3 Å². The fourth-order valence-corrected chi connectivity index (χ4v) is 0.893. The van der Waals surface area contributed by atoms with Gasteiger partial charge in [-0.05, 0) is 19.1 Å². The molecule has 3 heteroatoms. The SMILES string of the molecule is Cc1cc(C(=O)CC#N)ccn1. The molecule has 1 aromatic rings. The van der Waals surface area contributed by atoms with Crippen LogP contribution in [0.3, 0.4) is 0 Å². The smallest absolute Gasteiger partial charge is 0.177 e. The number of aromatic nitrogens is 1. The molecule has 0 radical (unpaired) electrons. The van der Waals surface area contributed by atoms with E-state index in [0.29, 0.717) is 5.56 Å². The number of aryl methyl sites for hydroxylation is 1. The normalized spacial score (nSPS) is 9.00. The van der Waals surface area contributed by atoms with E-state index in [4.69, 9.17) is 5.26 Å². The minimum absolute atomic E-state index is 0.0660. The van der Waals surface area contributed by atoms with Crippen molar-refractivity contribution in [1.82, 2.24) is 4.98 Å². The van der Waals surface area contributed by atoms with Crippen LogP contribution in [-0.2, 0) is 0 Å². The first-order valence-corrected chi connectivity index (χ1v) is 3.57. The molecule has 0 aliphatic heterocycles. The molecule has 0 N–H and O–H groups in total. The van der Waals surface area contributed by atoms with E-state index in [1.165, 1.54) is 0 Å². The topological polar surface area (TPSA) is 53.8 Å². The Morgan fingerprint density at radius 3 is 3.08 bits per heavy atom. The summed E-state index contributed by atoms with van der Waals surface area (Å²) in [6.07, 6.45) is 1.50. The maximum absolute atomic E-state index is 11.1. The molecule has 0 fully saturated rings. The standard InChI is InChI=1S/C9H8N2O/c1-7-6-8(3-5-11-7)9(12)2-4-10/h3,5-6H,2H2,1H3. The fourth-order valence-electron chi connectivity index (χ4n) is 0.893. The Kier molecular flexibility index (Phi) is 2.54. The highest BCUT2D eigenvalue weighted by Gasteiger charge is 2.03. The van der Waals surface area contributed by atoms with Gasteiger partial charge in [-0.25, -0.2) is 0 Å². The fraction of sp³-hybridized carbons (Fsp3) is 0.222. The van der Waals surface area contributed by atoms with Gasteiger partial charge in [0.1, 0.15) is 0 Å². The van der Waals surface area contributed by atoms with E-state index in [9.17, 15) is 4.79 Å². The van der Waals surface area contributed by atoms with Crippen molar-refractivity contribution in [3.05, 3.63) is 29.6 Å². The van der Waals surface area contributed by atoms with Crippen molar-refractivity contribution in [3.8, 4) is 6.07 Å². The highest BCUT2D eigenvalue weighted by molar-refractivity contribution is 5.97. The largest absolute Gasteiger partial charge is 0.293 e. The van der Waals surface area contributed by atoms with Crippen LogP contribution >= 0.6 is 0 Å². The lowest BCUT2D eigenvalue weighted by Crippen LogP contribution is -1.98. The van der Waals surface area contributed by atoms with E-state index < -0.39 is 0 Å². The van der Waals surface area contributed by atoms with E-state index >= 15 is 0 Å². The Bertz CT molecular complexity index is 339. The van der Waals surface area contributed by atoms with Gasteiger partial charge in [-0.3, -0.25) is 9.78 Å². The van der Waals surface area contributed by atoms with Gasteiger partial charge < -0.3 is 0 Å². The molecule has 1 rings (SSSR count). The Balaban J connectivity index is 2.90. The lowest BCUT2D eigenvalue weighted by Gasteiger charge is -1.96. The number of Topliss-reactive ketones (excluding diaryl/α,β-unsaturated/α-hetero) is 1. The van der Waals surface area contributed by atoms with Crippen LogP contribution < -0.4 is 0 Å². The third-order valence-electron chi connectivity index (χ3n) is 1.46. The molecule has 0 saturated carbocycles. The van der Waals surface area contributed by atoms with E-state index in [2.05, 4.69) is 4.98 Å². The molecule has 1 heterocycles. The zero-order valence-electron chi connectivity index (χ0n) is 6.74. The minimum atomic E-state index is -0.150. The van der Waals surface area contributed by atoms with Gasteiger partial charge in [0.15, 0.2) is 5.78 Å². The van der Waals surface area contributed by atoms with Crippen LogP contribution in [0.2, 0.25) is 0 Å². The number of hydrogen-bond donors (Lipinski definition) is 0. The number of rotatable bonds is 2. The lowest BCUT2D eigenvalue weighted by molar-refractivity contribution is 0.0997. The van der Waals surface area contributed by atoms with Crippen LogP contribution in [0.15, 0.2) is 18.3 Å². The van der Waals surface area contributed by atoms with E-state index in [-0.39, 0.29) is 12.2 Å². The molecule has 0 atom stereocenters. The quantitative estimate of drug-likeness (QED) is 0.616. The summed E-state index contributed by atoms with van der Waals surface area (Å²) in [5.74, 6) is -0.150. The maximum Gasteiger partial charge on any atom is 0.177 e. The van der Waals surface area contributed by atoms with Gasteiger partial charge in [0.2, 0.25) is 0 Å². The van der Waals surface area contributed by atoms with Crippen molar-refractivity contribution in [2.75, 3.05) is 0 Å². The monoisotopic (exact) mass is 160 g/mol. The van der Waals surface area contributed by atoms with Crippen LogP contribution in [-0.4, -0.2) is 10.8 Å². The van der Waals surface area contributed by atoms with Gasteiger partial charge >= 0.3 is 0 Å². The number of ketones is 1. The number of carbonyl (C=O) groups excluding carboxylic acids is 1. The van der Waals surface area contributed by atoms with Crippen molar-refractivity contribution in [3.63, 3.8) is 0 Å². The van der Waals surface area contributed by atoms with Gasteiger partial charge in [0.25, 0.3) is 0 Å². The Hall–Kier alpha value is -1.69. The van der Waals surface area contributed by atoms with Crippen molar-refractivity contribution in [1.29, 1.82) is 5.26 Å². The van der Waals surface area contributed by atoms with Gasteiger partial charge in [-0.1, -0.05) is 0 Å². The molecular formula is C9H8N2O. The summed E-state index contributed by atoms with van der Waals surface area (Å²) in [4.78, 5) is 15.1. The second kappa shape index (κ2) is 3.63. The predicted molar refractivity (Wildman–Crippen MR) is 43.5 cm³/mol. The second-order valence-corrected chi connectivity index (χ2v) is 2.44. The van der Waals surface area contributed by atoms with Crippen molar-refractivity contribution in [2.45, 2.75) is 13.3 Å². The first-order valence-electron chi connectivity index (χ1n) is 3.57. The molecule has 0 unspecified atom stereocenters. The van der Waals surface area contributed by atoms with E-state index in [1.54, 1.807) is 18.3 Å². The van der Waals surface area contributed by atoms with Crippen LogP contribution in [0.1, 0.15) is 22.5 Å². The van der Waals surface area contributed by atoms with Gasteiger partial charge in [-0.2, -0.15) is 5.26 Å². The first-order chi connectivity index (χ1) is 5.74. The zero-order chi connectivity index (χ0) is 8.97. The maximum atomic E-state index is 11.1. The third-order valence-corrected chi connectivity index (χ3v) is 1.46. The number of nitriles is 1. The van der Waals surface area contributed by atoms with Gasteiger partial charge in [-0.15, -0.1) is 0 Å². The molecule has 0 spiro atoms. The molecule has 0 bridgehead atoms. The average Bonchev–Trinajstić information content (AvgIpc) is 2.05. The summed E-state index contributed by atoms with van der Waals surface area (Å²) in [5, 5.41) is 8.28. The molecule has 0 amide bonds. The summed E-state index contributed by atoms with van der Waals surface area (Å²) in [6.45, 7) is 1.81. The average molecular weight is 160 g/mol. The summed E-state index contributed by atoms with van der Waals surface area (Å²) in [5.41, 5.74) is 1.35. The highest BCUT2D eigenvalue weighted by atomic mass is 16.1. The van der Waals surface area contributed by atoms with E-state index in [1.807, 2.05) is 13.0 Å². The lowest BCUT2D eigenvalue weighted by atomic mass is 10.1. The van der Waals surface area contributed by atoms with Gasteiger partial charge in [0, 0.05) is 17.5 Å². The second-order valence-electron chi connectivity index (χ2n) is 2.44. The minimum Gasteiger partial charge on any atom is -0.293 e. The number of nitrogens with zero attached hydrogens (tertiary/aromatic N) is 2. The molecule has 12 heavy (non-hydrogen) atoms. The molecule has 0 saturated heterocycles. The summed E-state index contributed by atoms with van der Waals surface area (Å²) in [6, 6.07) is 5.11. The Morgan fingerprint density at radius 2 is 2.50 bits per heavy atom. The van der Waals surface area contributed by atoms with Crippen LogP contribution in [0.4, 0.5) is 0 Å². The molecule has 1 aromatic heterocycles. The number of carbonyl (C=O) groups is 1. The first kappa shape index (κ1) is 8.41. The van der Waals surface area contributed by atoms with Crippen molar-refractivity contribution >= 4 is 5.78 Å². The molecule has 0 aromatic carbocycles. The van der Waals surface area contributed by atoms with Crippen LogP contribution in [0.5, 0.6) is 0 Å². The number of pyridine rings is 1. The summed E-state index contributed by atoms with van der Waals surface area (Å²) in [7, 11) is 0. The highest BCUT2D eigenvalue weighted by Crippen LogP contribution is 2.03. The third kappa shape index (κ3) is 1.89. The Labute approximate surface area is 70.7 Å². The Morgan fingerprint density at radius 1 is 1.75 bits per heavy atom. The summed E-state index contributed by atoms with van der Waals surface area (Å²) < 4.78 is 0. The zero-order valence-corrected chi connectivity index (χ0v) is 6.74. The van der Waals surface area contributed by atoms with Crippen LogP contribution in [0.25, 0.3) is 0 Å². The molecule has 60 valence electrons. The summed E-state index contributed by atoms with van der Waals surface area (Å²) >= 11 is 0. The molecule has 0 aliphatic rings. The molecular weight excluding hydrogens is 152 g/mol. The van der Waals surface area contributed by atoms with E-state index in [0.717, 1.165) is 5.69 Å². The molecule has 0 aliphatic carbocycles. The predicted octanol–water partition coefficient (Wildman–Crippen LogP) is 1.49.